The molecule has 1 fully saturated rings. The highest BCUT2D eigenvalue weighted by atomic mass is 35.5. The number of amides is 2. The number of carbonyl (C=O) groups is 2. The lowest BCUT2D eigenvalue weighted by atomic mass is 10.1. The van der Waals surface area contributed by atoms with E-state index >= 15 is 0 Å². The molecule has 0 aromatic heterocycles. The molecule has 1 aromatic carbocycles. The number of nitrogens with zero attached hydrogens (tertiary/aromatic N) is 1. The van der Waals surface area contributed by atoms with Gasteiger partial charge in [-0.05, 0) is 30.2 Å². The second-order valence-electron chi connectivity index (χ2n) is 6.46. The van der Waals surface area contributed by atoms with E-state index in [0.29, 0.717) is 18.7 Å². The normalized spacial score (nSPS) is 18.4. The highest BCUT2D eigenvalue weighted by Crippen LogP contribution is 2.30. The van der Waals surface area contributed by atoms with Gasteiger partial charge >= 0.3 is 6.18 Å². The summed E-state index contributed by atoms with van der Waals surface area (Å²) in [5, 5.41) is 2.76. The van der Waals surface area contributed by atoms with Crippen molar-refractivity contribution in [3.63, 3.8) is 0 Å². The van der Waals surface area contributed by atoms with E-state index < -0.39 is 17.7 Å². The molecule has 26 heavy (non-hydrogen) atoms. The van der Waals surface area contributed by atoms with E-state index in [1.54, 1.807) is 6.07 Å². The number of benzene rings is 1. The summed E-state index contributed by atoms with van der Waals surface area (Å²) in [5.74, 6) is -0.796. The SMILES string of the molecule is CC(CN)CNC(=O)C1CC(=O)N(Cc2cccc(C(F)(F)F)c2)C1.Cl. The summed E-state index contributed by atoms with van der Waals surface area (Å²) >= 11 is 0. The monoisotopic (exact) mass is 393 g/mol. The molecular weight excluding hydrogens is 371 g/mol. The second-order valence-corrected chi connectivity index (χ2v) is 6.46. The van der Waals surface area contributed by atoms with Crippen LogP contribution in [-0.2, 0) is 22.3 Å². The molecule has 146 valence electrons. The molecule has 2 unspecified atom stereocenters. The quantitative estimate of drug-likeness (QED) is 0.778. The lowest BCUT2D eigenvalue weighted by molar-refractivity contribution is -0.137. The van der Waals surface area contributed by atoms with Gasteiger partial charge < -0.3 is 16.0 Å². The molecule has 0 spiro atoms. The van der Waals surface area contributed by atoms with Crippen LogP contribution in [0.15, 0.2) is 24.3 Å². The molecule has 1 aromatic rings. The molecule has 1 aliphatic heterocycles. The van der Waals surface area contributed by atoms with Gasteiger partial charge in [0.1, 0.15) is 0 Å². The molecule has 2 rings (SSSR count). The Labute approximate surface area is 156 Å². The van der Waals surface area contributed by atoms with Crippen LogP contribution >= 0.6 is 12.4 Å². The predicted octanol–water partition coefficient (Wildman–Crippen LogP) is 2.19. The minimum Gasteiger partial charge on any atom is -0.355 e. The topological polar surface area (TPSA) is 75.4 Å². The fraction of sp³-hybridized carbons (Fsp3) is 0.529. The van der Waals surface area contributed by atoms with E-state index in [2.05, 4.69) is 5.32 Å². The first-order chi connectivity index (χ1) is 11.7. The third-order valence-corrected chi connectivity index (χ3v) is 4.24. The third-order valence-electron chi connectivity index (χ3n) is 4.24. The lowest BCUT2D eigenvalue weighted by Gasteiger charge is -2.18. The first-order valence-corrected chi connectivity index (χ1v) is 8.12. The van der Waals surface area contributed by atoms with Crippen molar-refractivity contribution in [2.45, 2.75) is 26.1 Å². The zero-order chi connectivity index (χ0) is 18.6. The molecule has 1 saturated heterocycles. The molecule has 2 atom stereocenters. The second kappa shape index (κ2) is 9.23. The third kappa shape index (κ3) is 5.88. The van der Waals surface area contributed by atoms with Crippen LogP contribution in [0.1, 0.15) is 24.5 Å². The number of carbonyl (C=O) groups excluding carboxylic acids is 2. The fourth-order valence-corrected chi connectivity index (χ4v) is 2.67. The highest BCUT2D eigenvalue weighted by Gasteiger charge is 2.35. The number of likely N-dealkylation sites (tertiary alicyclic amines) is 1. The van der Waals surface area contributed by atoms with Gasteiger partial charge in [0.2, 0.25) is 11.8 Å². The summed E-state index contributed by atoms with van der Waals surface area (Å²) in [5.41, 5.74) is 5.13. The van der Waals surface area contributed by atoms with Crippen LogP contribution in [0.2, 0.25) is 0 Å². The van der Waals surface area contributed by atoms with Gasteiger partial charge in [0.05, 0.1) is 11.5 Å². The van der Waals surface area contributed by atoms with Crippen LogP contribution in [-0.4, -0.2) is 36.3 Å². The van der Waals surface area contributed by atoms with E-state index in [1.165, 1.54) is 11.0 Å². The van der Waals surface area contributed by atoms with Gasteiger partial charge in [-0.25, -0.2) is 0 Å². The smallest absolute Gasteiger partial charge is 0.355 e. The van der Waals surface area contributed by atoms with Crippen molar-refractivity contribution < 1.29 is 22.8 Å². The minimum absolute atomic E-state index is 0. The summed E-state index contributed by atoms with van der Waals surface area (Å²) in [4.78, 5) is 25.6. The van der Waals surface area contributed by atoms with Gasteiger partial charge in [0, 0.05) is 26.1 Å². The highest BCUT2D eigenvalue weighted by molar-refractivity contribution is 5.89. The Balaban J connectivity index is 0.00000338. The van der Waals surface area contributed by atoms with Gasteiger partial charge in [-0.15, -0.1) is 12.4 Å². The Morgan fingerprint density at radius 3 is 2.73 bits per heavy atom. The molecule has 0 saturated carbocycles. The van der Waals surface area contributed by atoms with Gasteiger partial charge in [-0.2, -0.15) is 13.2 Å². The van der Waals surface area contributed by atoms with E-state index in [4.69, 9.17) is 5.73 Å². The number of hydrogen-bond donors (Lipinski definition) is 2. The van der Waals surface area contributed by atoms with Gasteiger partial charge in [0.25, 0.3) is 0 Å². The molecule has 5 nitrogen and oxygen atoms in total. The standard InChI is InChI=1S/C17H22F3N3O2.ClH/c1-11(7-21)8-22-16(25)13-6-15(24)23(10-13)9-12-3-2-4-14(5-12)17(18,19)20;/h2-5,11,13H,6-10,21H2,1H3,(H,22,25);1H. The zero-order valence-corrected chi connectivity index (χ0v) is 15.2. The molecule has 0 aliphatic carbocycles. The van der Waals surface area contributed by atoms with Crippen molar-refractivity contribution in [1.82, 2.24) is 10.2 Å². The molecule has 2 amide bonds. The molecule has 0 radical (unpaired) electrons. The molecule has 9 heteroatoms. The maximum Gasteiger partial charge on any atom is 0.416 e. The van der Waals surface area contributed by atoms with Crippen LogP contribution < -0.4 is 11.1 Å². The number of halogens is 4. The maximum absolute atomic E-state index is 12.8. The maximum atomic E-state index is 12.8. The minimum atomic E-state index is -4.42. The predicted molar refractivity (Wildman–Crippen MR) is 93.4 cm³/mol. The van der Waals surface area contributed by atoms with Crippen molar-refractivity contribution in [1.29, 1.82) is 0 Å². The van der Waals surface area contributed by atoms with Crippen molar-refractivity contribution in [3.8, 4) is 0 Å². The van der Waals surface area contributed by atoms with Gasteiger partial charge in [-0.1, -0.05) is 19.1 Å². The molecule has 1 aliphatic rings. The Hall–Kier alpha value is -1.80. The van der Waals surface area contributed by atoms with E-state index in [0.717, 1.165) is 12.1 Å². The first-order valence-electron chi connectivity index (χ1n) is 8.12. The summed E-state index contributed by atoms with van der Waals surface area (Å²) in [7, 11) is 0. The fourth-order valence-electron chi connectivity index (χ4n) is 2.67. The van der Waals surface area contributed by atoms with Crippen molar-refractivity contribution in [2.24, 2.45) is 17.6 Å². The zero-order valence-electron chi connectivity index (χ0n) is 14.4. The van der Waals surface area contributed by atoms with Crippen molar-refractivity contribution in [3.05, 3.63) is 35.4 Å². The molecule has 0 bridgehead atoms. The van der Waals surface area contributed by atoms with E-state index in [-0.39, 0.29) is 49.6 Å². The van der Waals surface area contributed by atoms with Gasteiger partial charge in [0.15, 0.2) is 0 Å². The van der Waals surface area contributed by atoms with Crippen LogP contribution in [0.3, 0.4) is 0 Å². The van der Waals surface area contributed by atoms with E-state index in [1.807, 2.05) is 6.92 Å². The van der Waals surface area contributed by atoms with Crippen molar-refractivity contribution in [2.75, 3.05) is 19.6 Å². The number of rotatable bonds is 6. The largest absolute Gasteiger partial charge is 0.416 e. The lowest BCUT2D eigenvalue weighted by Crippen LogP contribution is -2.36. The van der Waals surface area contributed by atoms with Crippen molar-refractivity contribution >= 4 is 24.2 Å². The number of nitrogens with one attached hydrogen (secondary N) is 1. The van der Waals surface area contributed by atoms with Gasteiger partial charge in [-0.3, -0.25) is 9.59 Å². The summed E-state index contributed by atoms with van der Waals surface area (Å²) < 4.78 is 38.3. The average molecular weight is 394 g/mol. The van der Waals surface area contributed by atoms with Crippen LogP contribution in [0.25, 0.3) is 0 Å². The van der Waals surface area contributed by atoms with Crippen LogP contribution in [0, 0.1) is 11.8 Å². The summed E-state index contributed by atoms with van der Waals surface area (Å²) in [6.45, 7) is 3.06. The van der Waals surface area contributed by atoms with Crippen LogP contribution in [0.4, 0.5) is 13.2 Å². The summed E-state index contributed by atoms with van der Waals surface area (Å²) in [6, 6.07) is 4.88. The summed E-state index contributed by atoms with van der Waals surface area (Å²) in [6.07, 6.45) is -4.35. The Bertz CT molecular complexity index is 640. The Morgan fingerprint density at radius 2 is 2.12 bits per heavy atom. The molecule has 1 heterocycles. The van der Waals surface area contributed by atoms with E-state index in [9.17, 15) is 22.8 Å². The number of nitrogens with two attached hydrogens (primary N) is 1. The Kier molecular flexibility index (Phi) is 7.89. The number of hydrogen-bond acceptors (Lipinski definition) is 3. The first kappa shape index (κ1) is 22.2. The Morgan fingerprint density at radius 1 is 1.42 bits per heavy atom. The number of alkyl halides is 3. The van der Waals surface area contributed by atoms with Crippen LogP contribution in [0.5, 0.6) is 0 Å². The average Bonchev–Trinajstić information content (AvgIpc) is 2.92. The molecular formula is C17H23ClF3N3O2. The molecule has 3 N–H and O–H groups in total.